The van der Waals surface area contributed by atoms with Crippen molar-refractivity contribution >= 4 is 33.2 Å². The predicted octanol–water partition coefficient (Wildman–Crippen LogP) is 1.14. The van der Waals surface area contributed by atoms with Crippen LogP contribution in [-0.2, 0) is 9.84 Å². The monoisotopic (exact) mass is 314 g/mol. The summed E-state index contributed by atoms with van der Waals surface area (Å²) in [6.07, 6.45) is 1.18. The first-order chi connectivity index (χ1) is 9.30. The van der Waals surface area contributed by atoms with Gasteiger partial charge in [0, 0.05) is 35.6 Å². The van der Waals surface area contributed by atoms with E-state index >= 15 is 0 Å². The number of sulfone groups is 1. The van der Waals surface area contributed by atoms with Gasteiger partial charge in [-0.3, -0.25) is 4.79 Å². The highest BCUT2D eigenvalue weighted by Crippen LogP contribution is 2.23. The van der Waals surface area contributed by atoms with Crippen molar-refractivity contribution in [3.05, 3.63) is 29.3 Å². The molecule has 0 radical (unpaired) electrons. The van der Waals surface area contributed by atoms with Crippen LogP contribution in [-0.4, -0.2) is 48.9 Å². The first kappa shape index (κ1) is 15.2. The number of nitrogen functional groups attached to an aromatic ring is 1. The molecule has 0 aliphatic carbocycles. The zero-order chi connectivity index (χ0) is 14.9. The molecule has 1 aromatic rings. The van der Waals surface area contributed by atoms with Crippen molar-refractivity contribution in [2.24, 2.45) is 0 Å². The van der Waals surface area contributed by atoms with Gasteiger partial charge in [0.1, 0.15) is 5.37 Å². The molecule has 7 heteroatoms. The zero-order valence-corrected chi connectivity index (χ0v) is 13.1. The summed E-state index contributed by atoms with van der Waals surface area (Å²) in [4.78, 5) is 14.0. The standard InChI is InChI=1S/C13H18N2O3S2/c1-9-7-10(3-4-11(9)14)13(16)15-5-6-19-8-12(15)20(2,17)18/h3-4,7,12H,5-6,8,14H2,1-2H3. The Bertz CT molecular complexity index is 629. The Morgan fingerprint density at radius 3 is 2.75 bits per heavy atom. The first-order valence-electron chi connectivity index (χ1n) is 6.24. The van der Waals surface area contributed by atoms with E-state index in [0.29, 0.717) is 23.5 Å². The third-order valence-corrected chi connectivity index (χ3v) is 6.00. The van der Waals surface area contributed by atoms with Crippen molar-refractivity contribution in [1.82, 2.24) is 4.90 Å². The molecule has 1 atom stereocenters. The molecule has 1 saturated heterocycles. The average molecular weight is 314 g/mol. The summed E-state index contributed by atoms with van der Waals surface area (Å²) in [6, 6.07) is 5.03. The Balaban J connectivity index is 2.32. The van der Waals surface area contributed by atoms with Gasteiger partial charge in [0.05, 0.1) is 0 Å². The Hall–Kier alpha value is -1.21. The molecule has 20 heavy (non-hydrogen) atoms. The van der Waals surface area contributed by atoms with Gasteiger partial charge in [0.15, 0.2) is 9.84 Å². The summed E-state index contributed by atoms with van der Waals surface area (Å²) in [6.45, 7) is 2.27. The Kier molecular flexibility index (Phi) is 4.29. The van der Waals surface area contributed by atoms with Gasteiger partial charge in [-0.25, -0.2) is 8.42 Å². The maximum absolute atomic E-state index is 12.5. The maximum atomic E-state index is 12.5. The van der Waals surface area contributed by atoms with Crippen molar-refractivity contribution in [2.45, 2.75) is 12.3 Å². The summed E-state index contributed by atoms with van der Waals surface area (Å²) in [7, 11) is -3.29. The number of amides is 1. The van der Waals surface area contributed by atoms with Crippen LogP contribution >= 0.6 is 11.8 Å². The number of thioether (sulfide) groups is 1. The lowest BCUT2D eigenvalue weighted by Gasteiger charge is -2.34. The van der Waals surface area contributed by atoms with Crippen LogP contribution in [0.3, 0.4) is 0 Å². The fraction of sp³-hybridized carbons (Fsp3) is 0.462. The third-order valence-electron chi connectivity index (χ3n) is 3.36. The smallest absolute Gasteiger partial charge is 0.254 e. The largest absolute Gasteiger partial charge is 0.399 e. The molecule has 1 fully saturated rings. The molecule has 2 N–H and O–H groups in total. The van der Waals surface area contributed by atoms with Gasteiger partial charge in [-0.2, -0.15) is 11.8 Å². The van der Waals surface area contributed by atoms with Crippen LogP contribution in [0.4, 0.5) is 5.69 Å². The molecule has 0 aromatic heterocycles. The van der Waals surface area contributed by atoms with Gasteiger partial charge in [-0.15, -0.1) is 0 Å². The molecule has 1 aliphatic heterocycles. The van der Waals surface area contributed by atoms with Crippen molar-refractivity contribution in [1.29, 1.82) is 0 Å². The summed E-state index contributed by atoms with van der Waals surface area (Å²) in [5.41, 5.74) is 7.66. The minimum Gasteiger partial charge on any atom is -0.399 e. The zero-order valence-electron chi connectivity index (χ0n) is 11.5. The summed E-state index contributed by atoms with van der Waals surface area (Å²) in [5, 5.41) is -0.744. The fourth-order valence-corrected chi connectivity index (χ4v) is 4.96. The van der Waals surface area contributed by atoms with E-state index in [1.807, 2.05) is 6.92 Å². The summed E-state index contributed by atoms with van der Waals surface area (Å²) < 4.78 is 23.7. The first-order valence-corrected chi connectivity index (χ1v) is 9.35. The normalized spacial score (nSPS) is 19.9. The SMILES string of the molecule is Cc1cc(C(=O)N2CCSCC2S(C)(=O)=O)ccc1N. The van der Waals surface area contributed by atoms with Crippen LogP contribution in [0.1, 0.15) is 15.9 Å². The van der Waals surface area contributed by atoms with E-state index in [-0.39, 0.29) is 5.91 Å². The molecule has 1 aromatic carbocycles. The van der Waals surface area contributed by atoms with E-state index in [0.717, 1.165) is 11.3 Å². The highest BCUT2D eigenvalue weighted by molar-refractivity contribution is 8.00. The number of rotatable bonds is 2. The lowest BCUT2D eigenvalue weighted by atomic mass is 10.1. The molecule has 2 rings (SSSR count). The lowest BCUT2D eigenvalue weighted by molar-refractivity contribution is 0.0749. The molecule has 1 unspecified atom stereocenters. The minimum atomic E-state index is -3.29. The number of nitrogens with two attached hydrogens (primary N) is 1. The minimum absolute atomic E-state index is 0.246. The highest BCUT2D eigenvalue weighted by atomic mass is 32.2. The number of aryl methyl sites for hydroxylation is 1. The van der Waals surface area contributed by atoms with Gasteiger partial charge in [0.2, 0.25) is 0 Å². The van der Waals surface area contributed by atoms with E-state index in [2.05, 4.69) is 0 Å². The lowest BCUT2D eigenvalue weighted by Crippen LogP contribution is -2.49. The number of hydrogen-bond donors (Lipinski definition) is 1. The van der Waals surface area contributed by atoms with E-state index in [1.54, 1.807) is 30.0 Å². The van der Waals surface area contributed by atoms with Crippen LogP contribution < -0.4 is 5.73 Å². The third kappa shape index (κ3) is 3.09. The van der Waals surface area contributed by atoms with Crippen LogP contribution in [0.25, 0.3) is 0 Å². The topological polar surface area (TPSA) is 80.5 Å². The Labute approximate surface area is 123 Å². The molecule has 1 amide bonds. The Morgan fingerprint density at radius 1 is 1.45 bits per heavy atom. The molecule has 5 nitrogen and oxygen atoms in total. The molecular formula is C13H18N2O3S2. The van der Waals surface area contributed by atoms with Crippen molar-refractivity contribution in [2.75, 3.05) is 30.0 Å². The quantitative estimate of drug-likeness (QED) is 0.828. The van der Waals surface area contributed by atoms with E-state index in [4.69, 9.17) is 5.73 Å². The van der Waals surface area contributed by atoms with Crippen LogP contribution in [0.2, 0.25) is 0 Å². The van der Waals surface area contributed by atoms with Crippen molar-refractivity contribution in [3.8, 4) is 0 Å². The Morgan fingerprint density at radius 2 is 2.15 bits per heavy atom. The van der Waals surface area contributed by atoms with Crippen molar-refractivity contribution < 1.29 is 13.2 Å². The van der Waals surface area contributed by atoms with E-state index in [1.165, 1.54) is 11.2 Å². The second-order valence-electron chi connectivity index (χ2n) is 4.93. The maximum Gasteiger partial charge on any atom is 0.254 e. The molecule has 0 spiro atoms. The molecule has 1 aliphatic rings. The van der Waals surface area contributed by atoms with Gasteiger partial charge in [0.25, 0.3) is 5.91 Å². The number of nitrogens with zero attached hydrogens (tertiary/aromatic N) is 1. The summed E-state index contributed by atoms with van der Waals surface area (Å²) >= 11 is 1.56. The number of carbonyl (C=O) groups is 1. The van der Waals surface area contributed by atoms with E-state index in [9.17, 15) is 13.2 Å². The molecule has 110 valence electrons. The second kappa shape index (κ2) is 5.65. The van der Waals surface area contributed by atoms with Crippen LogP contribution in [0.15, 0.2) is 18.2 Å². The van der Waals surface area contributed by atoms with Gasteiger partial charge >= 0.3 is 0 Å². The molecule has 0 bridgehead atoms. The number of benzene rings is 1. The second-order valence-corrected chi connectivity index (χ2v) is 8.28. The van der Waals surface area contributed by atoms with Crippen LogP contribution in [0, 0.1) is 6.92 Å². The van der Waals surface area contributed by atoms with E-state index < -0.39 is 15.2 Å². The fourth-order valence-electron chi connectivity index (χ4n) is 2.14. The molecule has 1 heterocycles. The van der Waals surface area contributed by atoms with Gasteiger partial charge in [-0.1, -0.05) is 0 Å². The molecule has 0 saturated carbocycles. The highest BCUT2D eigenvalue weighted by Gasteiger charge is 2.34. The van der Waals surface area contributed by atoms with Gasteiger partial charge < -0.3 is 10.6 Å². The average Bonchev–Trinajstić information content (AvgIpc) is 2.40. The summed E-state index contributed by atoms with van der Waals surface area (Å²) in [5.74, 6) is 0.938. The van der Waals surface area contributed by atoms with Crippen molar-refractivity contribution in [3.63, 3.8) is 0 Å². The number of hydrogen-bond acceptors (Lipinski definition) is 5. The molecular weight excluding hydrogens is 296 g/mol. The predicted molar refractivity (Wildman–Crippen MR) is 82.6 cm³/mol. The number of anilines is 1. The number of carbonyl (C=O) groups excluding carboxylic acids is 1. The van der Waals surface area contributed by atoms with Crippen LogP contribution in [0.5, 0.6) is 0 Å². The van der Waals surface area contributed by atoms with Gasteiger partial charge in [-0.05, 0) is 30.7 Å².